The first-order valence-electron chi connectivity index (χ1n) is 10.9. The number of amides is 4. The third-order valence-corrected chi connectivity index (χ3v) is 8.42. The number of nitrogens with zero attached hydrogens (tertiary/aromatic N) is 2. The van der Waals surface area contributed by atoms with Crippen molar-refractivity contribution in [2.75, 3.05) is 38.2 Å². The molecule has 11 heteroatoms. The standard InChI is InChI=1S/C21H28N4O6S/c1-15-5-2-3-8-21(15)19(27)25(20(28)23-21)14-18(26)22-16-6-4-7-17(13-16)32(29,30)24-9-11-31-12-10-24/h4,6-7,13,15H,2-3,5,8-12,14H2,1H3,(H,22,26)(H,23,28)/t15-,21-/m0/s1. The normalized spacial score (nSPS) is 26.9. The molecule has 2 saturated heterocycles. The van der Waals surface area contributed by atoms with Gasteiger partial charge < -0.3 is 15.4 Å². The molecule has 4 amide bonds. The fourth-order valence-electron chi connectivity index (χ4n) is 4.65. The summed E-state index contributed by atoms with van der Waals surface area (Å²) < 4.78 is 32.2. The monoisotopic (exact) mass is 464 g/mol. The SMILES string of the molecule is C[C@H]1CCCC[C@]12NC(=O)N(CC(=O)Nc1cccc(S(=O)(=O)N3CCOCC3)c1)C2=O. The molecular weight excluding hydrogens is 436 g/mol. The van der Waals surface area contributed by atoms with Crippen LogP contribution >= 0.6 is 0 Å². The number of nitrogens with one attached hydrogen (secondary N) is 2. The number of anilines is 1. The Balaban J connectivity index is 1.44. The molecule has 4 rings (SSSR count). The number of sulfonamides is 1. The van der Waals surface area contributed by atoms with E-state index in [-0.39, 0.29) is 35.5 Å². The lowest BCUT2D eigenvalue weighted by molar-refractivity contribution is -0.136. The van der Waals surface area contributed by atoms with Gasteiger partial charge in [-0.25, -0.2) is 13.2 Å². The average Bonchev–Trinajstić information content (AvgIpc) is 3.01. The van der Waals surface area contributed by atoms with E-state index < -0.39 is 34.0 Å². The number of benzene rings is 1. The molecule has 1 aliphatic carbocycles. The topological polar surface area (TPSA) is 125 Å². The van der Waals surface area contributed by atoms with Crippen LogP contribution < -0.4 is 10.6 Å². The maximum absolute atomic E-state index is 13.0. The lowest BCUT2D eigenvalue weighted by atomic mass is 9.73. The van der Waals surface area contributed by atoms with E-state index in [4.69, 9.17) is 4.74 Å². The van der Waals surface area contributed by atoms with Crippen molar-refractivity contribution < 1.29 is 27.5 Å². The zero-order chi connectivity index (χ0) is 22.9. The maximum Gasteiger partial charge on any atom is 0.325 e. The first-order chi connectivity index (χ1) is 15.2. The van der Waals surface area contributed by atoms with Crippen LogP contribution in [0.2, 0.25) is 0 Å². The minimum Gasteiger partial charge on any atom is -0.379 e. The van der Waals surface area contributed by atoms with E-state index in [1.807, 2.05) is 6.92 Å². The van der Waals surface area contributed by atoms with Crippen molar-refractivity contribution in [1.82, 2.24) is 14.5 Å². The van der Waals surface area contributed by atoms with Gasteiger partial charge >= 0.3 is 6.03 Å². The summed E-state index contributed by atoms with van der Waals surface area (Å²) in [6.07, 6.45) is 3.27. The summed E-state index contributed by atoms with van der Waals surface area (Å²) in [4.78, 5) is 39.1. The van der Waals surface area contributed by atoms with Gasteiger partial charge in [-0.05, 0) is 37.0 Å². The number of morpholine rings is 1. The predicted octanol–water partition coefficient (Wildman–Crippen LogP) is 1.15. The molecule has 1 spiro atoms. The van der Waals surface area contributed by atoms with E-state index in [0.29, 0.717) is 19.6 Å². The third-order valence-electron chi connectivity index (χ3n) is 6.53. The molecule has 1 saturated carbocycles. The van der Waals surface area contributed by atoms with Crippen molar-refractivity contribution in [3.63, 3.8) is 0 Å². The summed E-state index contributed by atoms with van der Waals surface area (Å²) in [6.45, 7) is 2.72. The van der Waals surface area contributed by atoms with Crippen LogP contribution in [-0.4, -0.2) is 73.9 Å². The quantitative estimate of drug-likeness (QED) is 0.630. The summed E-state index contributed by atoms with van der Waals surface area (Å²) in [5.74, 6) is -0.939. The number of rotatable bonds is 5. The smallest absolute Gasteiger partial charge is 0.325 e. The van der Waals surface area contributed by atoms with E-state index in [1.165, 1.54) is 22.5 Å². The molecule has 174 valence electrons. The van der Waals surface area contributed by atoms with Crippen LogP contribution in [0.4, 0.5) is 10.5 Å². The lowest BCUT2D eigenvalue weighted by Crippen LogP contribution is -2.54. The maximum atomic E-state index is 13.0. The Labute approximate surface area is 187 Å². The molecule has 0 radical (unpaired) electrons. The van der Waals surface area contributed by atoms with Gasteiger partial charge in [0.25, 0.3) is 5.91 Å². The van der Waals surface area contributed by atoms with Crippen molar-refractivity contribution >= 4 is 33.6 Å². The molecule has 2 heterocycles. The zero-order valence-electron chi connectivity index (χ0n) is 18.0. The highest BCUT2D eigenvalue weighted by molar-refractivity contribution is 7.89. The Morgan fingerprint density at radius 3 is 2.72 bits per heavy atom. The molecule has 2 aliphatic heterocycles. The van der Waals surface area contributed by atoms with Gasteiger partial charge in [0.05, 0.1) is 18.1 Å². The fraction of sp³-hybridized carbons (Fsp3) is 0.571. The Kier molecular flexibility index (Phi) is 6.24. The predicted molar refractivity (Wildman–Crippen MR) is 115 cm³/mol. The van der Waals surface area contributed by atoms with Crippen molar-refractivity contribution in [3.8, 4) is 0 Å². The molecule has 0 aromatic heterocycles. The van der Waals surface area contributed by atoms with Crippen LogP contribution in [0.1, 0.15) is 32.6 Å². The van der Waals surface area contributed by atoms with Crippen molar-refractivity contribution in [2.45, 2.75) is 43.0 Å². The second-order valence-corrected chi connectivity index (χ2v) is 10.5. The zero-order valence-corrected chi connectivity index (χ0v) is 18.8. The molecule has 0 unspecified atom stereocenters. The number of carbonyl (C=O) groups excluding carboxylic acids is 3. The summed E-state index contributed by atoms with van der Waals surface area (Å²) in [5.41, 5.74) is -0.654. The largest absolute Gasteiger partial charge is 0.379 e. The molecule has 2 atom stereocenters. The molecular formula is C21H28N4O6S. The summed E-state index contributed by atoms with van der Waals surface area (Å²) in [5, 5.41) is 5.42. The van der Waals surface area contributed by atoms with Crippen LogP contribution in [0, 0.1) is 5.92 Å². The van der Waals surface area contributed by atoms with Gasteiger partial charge in [0, 0.05) is 18.8 Å². The fourth-order valence-corrected chi connectivity index (χ4v) is 6.11. The van der Waals surface area contributed by atoms with Crippen molar-refractivity contribution in [3.05, 3.63) is 24.3 Å². The van der Waals surface area contributed by atoms with Gasteiger partial charge in [-0.3, -0.25) is 14.5 Å². The molecule has 10 nitrogen and oxygen atoms in total. The molecule has 2 N–H and O–H groups in total. The Bertz CT molecular complexity index is 1020. The highest BCUT2D eigenvalue weighted by Gasteiger charge is 2.55. The Morgan fingerprint density at radius 2 is 2.00 bits per heavy atom. The van der Waals surface area contributed by atoms with Gasteiger partial charge in [-0.2, -0.15) is 4.31 Å². The molecule has 1 aromatic rings. The molecule has 3 aliphatic rings. The van der Waals surface area contributed by atoms with Crippen molar-refractivity contribution in [2.24, 2.45) is 5.92 Å². The van der Waals surface area contributed by atoms with Gasteiger partial charge in [0.1, 0.15) is 12.1 Å². The Hall–Kier alpha value is -2.50. The van der Waals surface area contributed by atoms with Gasteiger partial charge in [0.15, 0.2) is 0 Å². The van der Waals surface area contributed by atoms with Gasteiger partial charge in [-0.1, -0.05) is 25.8 Å². The van der Waals surface area contributed by atoms with Gasteiger partial charge in [0.2, 0.25) is 15.9 Å². The number of imide groups is 1. The number of hydrogen-bond donors (Lipinski definition) is 2. The summed E-state index contributed by atoms with van der Waals surface area (Å²) in [7, 11) is -3.71. The summed E-state index contributed by atoms with van der Waals surface area (Å²) in [6, 6.07) is 5.37. The minimum atomic E-state index is -3.71. The van der Waals surface area contributed by atoms with Gasteiger partial charge in [-0.15, -0.1) is 0 Å². The highest BCUT2D eigenvalue weighted by Crippen LogP contribution is 2.38. The Morgan fingerprint density at radius 1 is 1.25 bits per heavy atom. The number of ether oxygens (including phenoxy) is 1. The second-order valence-electron chi connectivity index (χ2n) is 8.53. The van der Waals surface area contributed by atoms with Crippen LogP contribution in [0.5, 0.6) is 0 Å². The average molecular weight is 465 g/mol. The van der Waals surface area contributed by atoms with E-state index in [9.17, 15) is 22.8 Å². The van der Waals surface area contributed by atoms with Crippen LogP contribution in [0.25, 0.3) is 0 Å². The van der Waals surface area contributed by atoms with E-state index in [2.05, 4.69) is 10.6 Å². The molecule has 3 fully saturated rings. The second kappa shape index (κ2) is 8.80. The van der Waals surface area contributed by atoms with E-state index in [1.54, 1.807) is 6.07 Å². The number of hydrogen-bond acceptors (Lipinski definition) is 6. The molecule has 0 bridgehead atoms. The number of urea groups is 1. The first kappa shape index (κ1) is 22.7. The minimum absolute atomic E-state index is 0.00263. The van der Waals surface area contributed by atoms with E-state index >= 15 is 0 Å². The van der Waals surface area contributed by atoms with Crippen LogP contribution in [-0.2, 0) is 24.3 Å². The summed E-state index contributed by atoms with van der Waals surface area (Å²) >= 11 is 0. The number of carbonyl (C=O) groups is 3. The van der Waals surface area contributed by atoms with Crippen LogP contribution in [0.15, 0.2) is 29.2 Å². The van der Waals surface area contributed by atoms with E-state index in [0.717, 1.165) is 24.2 Å². The molecule has 1 aromatic carbocycles. The highest BCUT2D eigenvalue weighted by atomic mass is 32.2. The third kappa shape index (κ3) is 4.12. The first-order valence-corrected chi connectivity index (χ1v) is 12.3. The van der Waals surface area contributed by atoms with Crippen LogP contribution in [0.3, 0.4) is 0 Å². The lowest BCUT2D eigenvalue weighted by Gasteiger charge is -2.36. The molecule has 32 heavy (non-hydrogen) atoms. The van der Waals surface area contributed by atoms with Crippen molar-refractivity contribution in [1.29, 1.82) is 0 Å².